The predicted molar refractivity (Wildman–Crippen MR) is 94.6 cm³/mol. The quantitative estimate of drug-likeness (QED) is 0.451. The number of nitrogens with zero attached hydrogens (tertiary/aromatic N) is 1. The highest BCUT2D eigenvalue weighted by Crippen LogP contribution is 2.24. The molecule has 1 aromatic rings. The molecule has 0 radical (unpaired) electrons. The lowest BCUT2D eigenvalue weighted by atomic mass is 9.98. The number of hydrogen-bond acceptors (Lipinski definition) is 3. The van der Waals surface area contributed by atoms with E-state index < -0.39 is 0 Å². The van der Waals surface area contributed by atoms with Crippen LogP contribution in [0.25, 0.3) is 0 Å². The smallest absolute Gasteiger partial charge is 0.136 e. The molecule has 0 unspecified atom stereocenters. The van der Waals surface area contributed by atoms with Gasteiger partial charge in [-0.2, -0.15) is 0 Å². The molecule has 0 saturated heterocycles. The van der Waals surface area contributed by atoms with Crippen molar-refractivity contribution in [2.75, 3.05) is 13.2 Å². The van der Waals surface area contributed by atoms with Crippen LogP contribution in [0, 0.1) is 11.8 Å². The Balaban J connectivity index is 2.43. The van der Waals surface area contributed by atoms with E-state index in [1.165, 1.54) is 6.08 Å². The van der Waals surface area contributed by atoms with Crippen molar-refractivity contribution >= 4 is 5.84 Å². The Kier molecular flexibility index (Phi) is 6.35. The van der Waals surface area contributed by atoms with Gasteiger partial charge in [0.2, 0.25) is 0 Å². The predicted octanol–water partition coefficient (Wildman–Crippen LogP) is 2.17. The molecule has 5 heteroatoms. The van der Waals surface area contributed by atoms with Gasteiger partial charge in [0.25, 0.3) is 0 Å². The Morgan fingerprint density at radius 3 is 2.54 bits per heavy atom. The summed E-state index contributed by atoms with van der Waals surface area (Å²) in [5.41, 5.74) is 14.6. The molecule has 0 aliphatic heterocycles. The van der Waals surface area contributed by atoms with Crippen LogP contribution in [0.3, 0.4) is 0 Å². The van der Waals surface area contributed by atoms with Gasteiger partial charge in [0.15, 0.2) is 0 Å². The van der Waals surface area contributed by atoms with Crippen molar-refractivity contribution in [3.05, 3.63) is 70.7 Å². The molecule has 0 spiro atoms. The van der Waals surface area contributed by atoms with Crippen molar-refractivity contribution in [3.63, 3.8) is 0 Å². The van der Waals surface area contributed by atoms with Crippen molar-refractivity contribution in [2.45, 2.75) is 12.8 Å². The number of aliphatic imine (C=N–C) groups is 1. The minimum atomic E-state index is -0.176. The third kappa shape index (κ3) is 4.83. The molecule has 1 aliphatic carbocycles. The average molecular weight is 325 g/mol. The monoisotopic (exact) mass is 325 g/mol. The third-order valence-electron chi connectivity index (χ3n) is 3.46. The number of allylic oxidation sites excluding steroid dienone is 4. The number of benzene rings is 1. The fourth-order valence-corrected chi connectivity index (χ4v) is 2.17. The molecule has 5 N–H and O–H groups in total. The van der Waals surface area contributed by atoms with Gasteiger partial charge in [0.1, 0.15) is 11.7 Å². The second-order valence-electron chi connectivity index (χ2n) is 5.20. The van der Waals surface area contributed by atoms with E-state index in [4.69, 9.17) is 16.6 Å². The summed E-state index contributed by atoms with van der Waals surface area (Å²) in [7, 11) is 0. The van der Waals surface area contributed by atoms with Crippen molar-refractivity contribution in [1.82, 2.24) is 0 Å². The van der Waals surface area contributed by atoms with Gasteiger partial charge in [-0.05, 0) is 30.2 Å². The van der Waals surface area contributed by atoms with E-state index in [0.717, 1.165) is 11.1 Å². The summed E-state index contributed by atoms with van der Waals surface area (Å²) >= 11 is 0. The van der Waals surface area contributed by atoms with Crippen LogP contribution in [0.5, 0.6) is 0 Å². The molecule has 124 valence electrons. The molecule has 0 amide bonds. The molecule has 1 aliphatic rings. The number of aliphatic hydroxyl groups excluding tert-OH is 1. The minimum absolute atomic E-state index is 0.114. The number of aliphatic hydroxyl groups is 1. The van der Waals surface area contributed by atoms with Crippen LogP contribution in [-0.2, 0) is 0 Å². The Bertz CT molecular complexity index is 765. The van der Waals surface area contributed by atoms with Gasteiger partial charge < -0.3 is 16.6 Å². The van der Waals surface area contributed by atoms with Gasteiger partial charge in [0, 0.05) is 12.0 Å². The number of halogens is 1. The minimum Gasteiger partial charge on any atom is -0.397 e. The van der Waals surface area contributed by atoms with Crippen LogP contribution in [-0.4, -0.2) is 24.1 Å². The maximum absolute atomic E-state index is 13.2. The normalized spacial score (nSPS) is 15.7. The first-order valence-corrected chi connectivity index (χ1v) is 7.65. The van der Waals surface area contributed by atoms with Gasteiger partial charge >= 0.3 is 0 Å². The SMILES string of the molecule is NC(=NCCO)C(C#Cc1ccccc1)=C(N)C1=CC=C(F)CC1. The van der Waals surface area contributed by atoms with E-state index in [2.05, 4.69) is 16.8 Å². The number of rotatable bonds is 4. The summed E-state index contributed by atoms with van der Waals surface area (Å²) in [5, 5.41) is 8.91. The maximum Gasteiger partial charge on any atom is 0.136 e. The molecule has 24 heavy (non-hydrogen) atoms. The van der Waals surface area contributed by atoms with Crippen LogP contribution in [0.15, 0.2) is 70.1 Å². The molecule has 0 saturated carbocycles. The topological polar surface area (TPSA) is 84.6 Å². The van der Waals surface area contributed by atoms with Crippen LogP contribution >= 0.6 is 0 Å². The molecule has 0 aromatic heterocycles. The molecule has 4 nitrogen and oxygen atoms in total. The molecule has 0 fully saturated rings. The van der Waals surface area contributed by atoms with E-state index in [1.54, 1.807) is 6.08 Å². The first kappa shape index (κ1) is 17.5. The van der Waals surface area contributed by atoms with Gasteiger partial charge in [-0.1, -0.05) is 36.1 Å². The van der Waals surface area contributed by atoms with Crippen LogP contribution in [0.1, 0.15) is 18.4 Å². The highest BCUT2D eigenvalue weighted by Gasteiger charge is 2.13. The Hall–Kier alpha value is -2.84. The van der Waals surface area contributed by atoms with E-state index >= 15 is 0 Å². The molecular weight excluding hydrogens is 305 g/mol. The zero-order chi connectivity index (χ0) is 17.4. The fourth-order valence-electron chi connectivity index (χ4n) is 2.17. The Morgan fingerprint density at radius 2 is 1.92 bits per heavy atom. The Labute approximate surface area is 141 Å². The van der Waals surface area contributed by atoms with E-state index in [1.807, 2.05) is 30.3 Å². The zero-order valence-electron chi connectivity index (χ0n) is 13.3. The first-order valence-electron chi connectivity index (χ1n) is 7.65. The highest BCUT2D eigenvalue weighted by atomic mass is 19.1. The van der Waals surface area contributed by atoms with Crippen LogP contribution in [0.4, 0.5) is 4.39 Å². The summed E-state index contributed by atoms with van der Waals surface area (Å²) in [5.74, 6) is 5.96. The third-order valence-corrected chi connectivity index (χ3v) is 3.46. The first-order chi connectivity index (χ1) is 11.6. The summed E-state index contributed by atoms with van der Waals surface area (Å²) < 4.78 is 13.2. The molecule has 0 heterocycles. The summed E-state index contributed by atoms with van der Waals surface area (Å²) in [6, 6.07) is 9.43. The highest BCUT2D eigenvalue weighted by molar-refractivity contribution is 6.02. The molecule has 2 rings (SSSR count). The summed E-state index contributed by atoms with van der Waals surface area (Å²) in [4.78, 5) is 4.07. The lowest BCUT2D eigenvalue weighted by Crippen LogP contribution is -2.21. The lowest BCUT2D eigenvalue weighted by molar-refractivity contribution is 0.307. The maximum atomic E-state index is 13.2. The van der Waals surface area contributed by atoms with Crippen molar-refractivity contribution in [2.24, 2.45) is 16.5 Å². The average Bonchev–Trinajstić information content (AvgIpc) is 2.61. The summed E-state index contributed by atoms with van der Waals surface area (Å²) in [6.45, 7) is 0.0554. The van der Waals surface area contributed by atoms with Gasteiger partial charge in [-0.3, -0.25) is 4.99 Å². The molecule has 1 aromatic carbocycles. The van der Waals surface area contributed by atoms with Crippen LogP contribution in [0.2, 0.25) is 0 Å². The molecule has 0 bridgehead atoms. The number of hydrogen-bond donors (Lipinski definition) is 3. The second kappa shape index (κ2) is 8.70. The zero-order valence-corrected chi connectivity index (χ0v) is 13.3. The fraction of sp³-hybridized carbons (Fsp3) is 0.211. The van der Waals surface area contributed by atoms with Crippen molar-refractivity contribution in [1.29, 1.82) is 0 Å². The van der Waals surface area contributed by atoms with Gasteiger partial charge in [0.05, 0.1) is 24.4 Å². The standard InChI is InChI=1S/C19H20FN3O/c20-16-9-7-15(8-10-16)18(21)17(19(22)23-12-13-24)11-6-14-4-2-1-3-5-14/h1-5,7,9,24H,8,10,12-13,21H2,(H2,22,23). The Morgan fingerprint density at radius 1 is 1.17 bits per heavy atom. The van der Waals surface area contributed by atoms with Crippen LogP contribution < -0.4 is 11.5 Å². The van der Waals surface area contributed by atoms with E-state index in [-0.39, 0.29) is 24.8 Å². The molecule has 0 atom stereocenters. The number of amidine groups is 1. The largest absolute Gasteiger partial charge is 0.397 e. The van der Waals surface area contributed by atoms with Gasteiger partial charge in [-0.15, -0.1) is 0 Å². The number of nitrogens with two attached hydrogens (primary N) is 2. The van der Waals surface area contributed by atoms with Crippen molar-refractivity contribution < 1.29 is 9.50 Å². The summed E-state index contributed by atoms with van der Waals surface area (Å²) in [6.07, 6.45) is 3.82. The van der Waals surface area contributed by atoms with Gasteiger partial charge in [-0.25, -0.2) is 4.39 Å². The van der Waals surface area contributed by atoms with Crippen molar-refractivity contribution in [3.8, 4) is 11.8 Å². The second-order valence-corrected chi connectivity index (χ2v) is 5.20. The lowest BCUT2D eigenvalue weighted by Gasteiger charge is -2.13. The van der Waals surface area contributed by atoms with E-state index in [9.17, 15) is 4.39 Å². The molecular formula is C19H20FN3O. The van der Waals surface area contributed by atoms with E-state index in [0.29, 0.717) is 24.1 Å².